The van der Waals surface area contributed by atoms with Crippen LogP contribution in [0.3, 0.4) is 0 Å². The zero-order valence-electron chi connectivity index (χ0n) is 18.0. The number of hydrogen-bond donors (Lipinski definition) is 0. The van der Waals surface area contributed by atoms with Gasteiger partial charge in [0.15, 0.2) is 0 Å². The molecule has 0 aliphatic carbocycles. The highest BCUT2D eigenvalue weighted by molar-refractivity contribution is 6.39. The van der Waals surface area contributed by atoms with Crippen molar-refractivity contribution in [2.75, 3.05) is 54.8 Å². The fraction of sp³-hybridized carbons (Fsp3) is 0.273. The highest BCUT2D eigenvalue weighted by Gasteiger charge is 2.24. The minimum absolute atomic E-state index is 0.846. The molecule has 154 valence electrons. The SMILES string of the molecule is CN1[B]N(c2cccc(N(c3ccccc3)c3cccc(N4[B]N(C)CC4)n3)n2)CC1. The molecule has 2 aliphatic heterocycles. The first-order valence-corrected chi connectivity index (χ1v) is 10.6. The van der Waals surface area contributed by atoms with Crippen LogP contribution in [0.1, 0.15) is 0 Å². The van der Waals surface area contributed by atoms with Crippen molar-refractivity contribution in [3.8, 4) is 0 Å². The Balaban J connectivity index is 1.53. The van der Waals surface area contributed by atoms with Crippen LogP contribution in [0.2, 0.25) is 0 Å². The van der Waals surface area contributed by atoms with Gasteiger partial charge in [-0.1, -0.05) is 30.3 Å². The predicted octanol–water partition coefficient (Wildman–Crippen LogP) is 2.52. The Bertz CT molecular complexity index is 972. The van der Waals surface area contributed by atoms with Gasteiger partial charge in [-0.05, 0) is 50.5 Å². The van der Waals surface area contributed by atoms with E-state index >= 15 is 0 Å². The third-order valence-electron chi connectivity index (χ3n) is 5.56. The van der Waals surface area contributed by atoms with Crippen LogP contribution >= 0.6 is 0 Å². The molecule has 0 amide bonds. The van der Waals surface area contributed by atoms with Crippen LogP contribution in [0.4, 0.5) is 29.0 Å². The van der Waals surface area contributed by atoms with Gasteiger partial charge in [-0.3, -0.25) is 4.90 Å². The second kappa shape index (κ2) is 8.61. The minimum atomic E-state index is 0.846. The zero-order valence-corrected chi connectivity index (χ0v) is 18.0. The summed E-state index contributed by atoms with van der Waals surface area (Å²) in [4.78, 5) is 20.9. The van der Waals surface area contributed by atoms with E-state index in [1.54, 1.807) is 0 Å². The molecule has 2 aromatic heterocycles. The molecule has 2 saturated heterocycles. The van der Waals surface area contributed by atoms with Crippen molar-refractivity contribution in [1.29, 1.82) is 0 Å². The summed E-state index contributed by atoms with van der Waals surface area (Å²) < 4.78 is 0. The molecule has 7 nitrogen and oxygen atoms in total. The summed E-state index contributed by atoms with van der Waals surface area (Å²) >= 11 is 0. The second-order valence-corrected chi connectivity index (χ2v) is 7.96. The number of para-hydroxylation sites is 1. The number of likely N-dealkylation sites (N-methyl/N-ethyl adjacent to an activating group) is 2. The number of hydrogen-bond acceptors (Lipinski definition) is 7. The molecule has 0 N–H and O–H groups in total. The lowest BCUT2D eigenvalue weighted by atomic mass is 10.1. The Labute approximate surface area is 185 Å². The van der Waals surface area contributed by atoms with Gasteiger partial charge in [0, 0.05) is 31.9 Å². The van der Waals surface area contributed by atoms with E-state index in [9.17, 15) is 0 Å². The summed E-state index contributed by atoms with van der Waals surface area (Å²) in [6, 6.07) is 22.6. The first-order chi connectivity index (χ1) is 15.2. The van der Waals surface area contributed by atoms with Crippen LogP contribution in [-0.4, -0.2) is 75.0 Å². The van der Waals surface area contributed by atoms with E-state index in [1.807, 2.05) is 30.3 Å². The molecule has 0 bridgehead atoms. The van der Waals surface area contributed by atoms with Gasteiger partial charge >= 0.3 is 15.1 Å². The molecule has 2 fully saturated rings. The Hall–Kier alpha value is -3.03. The van der Waals surface area contributed by atoms with Gasteiger partial charge in [-0.15, -0.1) is 0 Å². The summed E-state index contributed by atoms with van der Waals surface area (Å²) in [6.45, 7) is 3.87. The number of aromatic nitrogens is 2. The number of rotatable bonds is 5. The van der Waals surface area contributed by atoms with Gasteiger partial charge in [-0.25, -0.2) is 9.97 Å². The normalized spacial score (nSPS) is 17.0. The van der Waals surface area contributed by atoms with Gasteiger partial charge in [0.2, 0.25) is 0 Å². The number of pyridine rings is 2. The fourth-order valence-electron chi connectivity index (χ4n) is 3.94. The zero-order chi connectivity index (χ0) is 21.2. The van der Waals surface area contributed by atoms with Gasteiger partial charge < -0.3 is 19.2 Å². The van der Waals surface area contributed by atoms with E-state index in [0.717, 1.165) is 55.1 Å². The topological polar surface area (TPSA) is 42.0 Å². The molecule has 0 saturated carbocycles. The van der Waals surface area contributed by atoms with Crippen molar-refractivity contribution >= 4 is 44.1 Å². The highest BCUT2D eigenvalue weighted by atomic mass is 15.3. The van der Waals surface area contributed by atoms with Crippen LogP contribution in [0.15, 0.2) is 66.7 Å². The van der Waals surface area contributed by atoms with E-state index in [4.69, 9.17) is 9.97 Å². The lowest BCUT2D eigenvalue weighted by Gasteiger charge is -2.26. The van der Waals surface area contributed by atoms with Gasteiger partial charge in [0.25, 0.3) is 0 Å². The first kappa shape index (κ1) is 19.9. The van der Waals surface area contributed by atoms with Crippen molar-refractivity contribution in [3.63, 3.8) is 0 Å². The molecule has 5 rings (SSSR count). The third kappa shape index (κ3) is 4.24. The smallest absolute Gasteiger partial charge is 0.353 e. The average Bonchev–Trinajstić information content (AvgIpc) is 3.44. The molecule has 0 spiro atoms. The van der Waals surface area contributed by atoms with E-state index in [-0.39, 0.29) is 0 Å². The first-order valence-electron chi connectivity index (χ1n) is 10.6. The molecule has 31 heavy (non-hydrogen) atoms. The number of nitrogens with zero attached hydrogens (tertiary/aromatic N) is 7. The number of benzene rings is 1. The molecule has 0 unspecified atom stereocenters. The van der Waals surface area contributed by atoms with Crippen molar-refractivity contribution in [1.82, 2.24) is 19.6 Å². The van der Waals surface area contributed by atoms with Crippen molar-refractivity contribution in [3.05, 3.63) is 66.7 Å². The Morgan fingerprint density at radius 1 is 0.645 bits per heavy atom. The molecule has 4 heterocycles. The van der Waals surface area contributed by atoms with Crippen molar-refractivity contribution in [2.24, 2.45) is 0 Å². The van der Waals surface area contributed by atoms with Gasteiger partial charge in [0.1, 0.15) is 23.3 Å². The summed E-state index contributed by atoms with van der Waals surface area (Å²) in [6.07, 6.45) is 0. The van der Waals surface area contributed by atoms with Gasteiger partial charge in [0.05, 0.1) is 0 Å². The van der Waals surface area contributed by atoms with E-state index in [2.05, 4.69) is 89.7 Å². The number of anilines is 5. The molecular formula is C22H25B2N7. The van der Waals surface area contributed by atoms with E-state index in [0.29, 0.717) is 0 Å². The molecule has 9 heteroatoms. The van der Waals surface area contributed by atoms with Crippen LogP contribution in [0.25, 0.3) is 0 Å². The van der Waals surface area contributed by atoms with E-state index in [1.165, 1.54) is 0 Å². The summed E-state index contributed by atoms with van der Waals surface area (Å²) in [5.74, 6) is 3.57. The highest BCUT2D eigenvalue weighted by Crippen LogP contribution is 2.34. The maximum atomic E-state index is 5.01. The van der Waals surface area contributed by atoms with E-state index < -0.39 is 0 Å². The van der Waals surface area contributed by atoms with Crippen LogP contribution in [-0.2, 0) is 0 Å². The fourth-order valence-corrected chi connectivity index (χ4v) is 3.94. The maximum Gasteiger partial charge on any atom is 0.353 e. The lowest BCUT2D eigenvalue weighted by Crippen LogP contribution is -2.28. The summed E-state index contributed by atoms with van der Waals surface area (Å²) in [7, 11) is 8.39. The maximum absolute atomic E-state index is 5.01. The average molecular weight is 409 g/mol. The van der Waals surface area contributed by atoms with Crippen molar-refractivity contribution in [2.45, 2.75) is 0 Å². The molecule has 3 aromatic rings. The lowest BCUT2D eigenvalue weighted by molar-refractivity contribution is 0.590. The Morgan fingerprint density at radius 2 is 1.16 bits per heavy atom. The largest absolute Gasteiger partial charge is 0.388 e. The van der Waals surface area contributed by atoms with Crippen LogP contribution < -0.4 is 14.5 Å². The summed E-state index contributed by atoms with van der Waals surface area (Å²) in [5.41, 5.74) is 1.03. The quantitative estimate of drug-likeness (QED) is 0.600. The molecule has 0 atom stereocenters. The molecule has 2 radical (unpaired) electrons. The summed E-state index contributed by atoms with van der Waals surface area (Å²) in [5, 5.41) is 0. The van der Waals surface area contributed by atoms with Crippen LogP contribution in [0.5, 0.6) is 0 Å². The van der Waals surface area contributed by atoms with Gasteiger partial charge in [-0.2, -0.15) is 0 Å². The molecule has 2 aliphatic rings. The Morgan fingerprint density at radius 3 is 1.61 bits per heavy atom. The monoisotopic (exact) mass is 409 g/mol. The predicted molar refractivity (Wildman–Crippen MR) is 128 cm³/mol. The second-order valence-electron chi connectivity index (χ2n) is 7.96. The van der Waals surface area contributed by atoms with Crippen LogP contribution in [0, 0.1) is 0 Å². The minimum Gasteiger partial charge on any atom is -0.388 e. The standard InChI is InChI=1S/C22H25B2N7/c1-27-14-16-29(23-27)19-10-6-12-21(25-19)31(18-8-4-3-5-9-18)22-13-7-11-20(26-22)30-17-15-28(2)24-30/h3-13H,14-17H2,1-2H3. The van der Waals surface area contributed by atoms with Crippen molar-refractivity contribution < 1.29 is 0 Å². The Kier molecular flexibility index (Phi) is 5.53. The molecular weight excluding hydrogens is 384 g/mol. The third-order valence-corrected chi connectivity index (χ3v) is 5.56. The molecule has 1 aromatic carbocycles.